The molecule has 1 amide bonds. The van der Waals surface area contributed by atoms with Crippen molar-refractivity contribution < 1.29 is 9.90 Å². The second-order valence-corrected chi connectivity index (χ2v) is 5.07. The first-order chi connectivity index (χ1) is 7.85. The maximum Gasteiger partial charge on any atom is 0.255 e. The van der Waals surface area contributed by atoms with E-state index in [1.807, 2.05) is 20.8 Å². The van der Waals surface area contributed by atoms with Gasteiger partial charge in [0.05, 0.1) is 5.56 Å². The fraction of sp³-hybridized carbons (Fsp3) is 0.462. The molecule has 0 aromatic heterocycles. The summed E-state index contributed by atoms with van der Waals surface area (Å²) in [7, 11) is 0. The Morgan fingerprint density at radius 3 is 2.71 bits per heavy atom. The van der Waals surface area contributed by atoms with Crippen LogP contribution in [-0.2, 0) is 0 Å². The molecule has 0 saturated heterocycles. The van der Waals surface area contributed by atoms with E-state index in [-0.39, 0.29) is 17.1 Å². The van der Waals surface area contributed by atoms with Crippen LogP contribution in [0.2, 0.25) is 0 Å². The molecule has 0 heterocycles. The molecule has 4 nitrogen and oxygen atoms in total. The van der Waals surface area contributed by atoms with Crippen molar-refractivity contribution in [1.29, 1.82) is 0 Å². The fourth-order valence-electron chi connectivity index (χ4n) is 1.32. The molecule has 0 atom stereocenters. The number of aromatic hydroxyl groups is 1. The highest BCUT2D eigenvalue weighted by Gasteiger charge is 2.18. The van der Waals surface area contributed by atoms with E-state index in [0.717, 1.165) is 5.56 Å². The SMILES string of the molecule is Cc1ccc(O)c(C(=O)NCC(C)(C)CN)c1. The van der Waals surface area contributed by atoms with Crippen molar-refractivity contribution in [3.63, 3.8) is 0 Å². The average Bonchev–Trinajstić information content (AvgIpc) is 2.29. The van der Waals surface area contributed by atoms with Crippen molar-refractivity contribution in [2.45, 2.75) is 20.8 Å². The van der Waals surface area contributed by atoms with Crippen LogP contribution in [0.5, 0.6) is 5.75 Å². The monoisotopic (exact) mass is 236 g/mol. The van der Waals surface area contributed by atoms with Gasteiger partial charge in [0.2, 0.25) is 0 Å². The minimum Gasteiger partial charge on any atom is -0.507 e. The van der Waals surface area contributed by atoms with Crippen LogP contribution in [0.15, 0.2) is 18.2 Å². The summed E-state index contributed by atoms with van der Waals surface area (Å²) in [6, 6.07) is 4.95. The molecule has 0 fully saturated rings. The minimum atomic E-state index is -0.271. The lowest BCUT2D eigenvalue weighted by atomic mass is 9.94. The number of amides is 1. The second kappa shape index (κ2) is 5.19. The molecule has 4 N–H and O–H groups in total. The number of benzene rings is 1. The smallest absolute Gasteiger partial charge is 0.255 e. The number of aryl methyl sites for hydroxylation is 1. The van der Waals surface area contributed by atoms with Crippen LogP contribution in [0, 0.1) is 12.3 Å². The first kappa shape index (κ1) is 13.5. The molecule has 17 heavy (non-hydrogen) atoms. The van der Waals surface area contributed by atoms with Gasteiger partial charge in [-0.1, -0.05) is 25.5 Å². The summed E-state index contributed by atoms with van der Waals surface area (Å²) in [5.74, 6) is -0.272. The van der Waals surface area contributed by atoms with Crippen molar-refractivity contribution in [2.75, 3.05) is 13.1 Å². The van der Waals surface area contributed by atoms with Crippen LogP contribution < -0.4 is 11.1 Å². The van der Waals surface area contributed by atoms with E-state index >= 15 is 0 Å². The predicted octanol–water partition coefficient (Wildman–Crippen LogP) is 1.42. The van der Waals surface area contributed by atoms with Gasteiger partial charge in [-0.15, -0.1) is 0 Å². The molecule has 1 aromatic rings. The normalized spacial score (nSPS) is 11.3. The summed E-state index contributed by atoms with van der Waals surface area (Å²) in [5, 5.41) is 12.4. The van der Waals surface area contributed by atoms with Crippen LogP contribution in [0.1, 0.15) is 29.8 Å². The van der Waals surface area contributed by atoms with Gasteiger partial charge in [-0.3, -0.25) is 4.79 Å². The largest absolute Gasteiger partial charge is 0.507 e. The number of nitrogens with one attached hydrogen (secondary N) is 1. The predicted molar refractivity (Wildman–Crippen MR) is 68.0 cm³/mol. The molecule has 0 aliphatic heterocycles. The number of rotatable bonds is 4. The van der Waals surface area contributed by atoms with Crippen molar-refractivity contribution in [3.8, 4) is 5.75 Å². The molecule has 0 saturated carbocycles. The Hall–Kier alpha value is -1.55. The van der Waals surface area contributed by atoms with Crippen LogP contribution >= 0.6 is 0 Å². The van der Waals surface area contributed by atoms with E-state index in [2.05, 4.69) is 5.32 Å². The summed E-state index contributed by atoms with van der Waals surface area (Å²) in [4.78, 5) is 11.9. The topological polar surface area (TPSA) is 75.3 Å². The van der Waals surface area contributed by atoms with Crippen LogP contribution in [0.25, 0.3) is 0 Å². The molecule has 94 valence electrons. The van der Waals surface area contributed by atoms with Crippen LogP contribution in [0.4, 0.5) is 0 Å². The molecule has 0 aliphatic rings. The van der Waals surface area contributed by atoms with Gasteiger partial charge in [0.1, 0.15) is 5.75 Å². The number of carbonyl (C=O) groups excluding carboxylic acids is 1. The molecular formula is C13H20N2O2. The molecule has 4 heteroatoms. The van der Waals surface area contributed by atoms with Gasteiger partial charge < -0.3 is 16.2 Å². The van der Waals surface area contributed by atoms with Crippen molar-refractivity contribution >= 4 is 5.91 Å². The highest BCUT2D eigenvalue weighted by molar-refractivity contribution is 5.97. The summed E-state index contributed by atoms with van der Waals surface area (Å²) in [5.41, 5.74) is 6.68. The zero-order valence-electron chi connectivity index (χ0n) is 10.6. The third kappa shape index (κ3) is 3.75. The maximum atomic E-state index is 11.9. The van der Waals surface area contributed by atoms with Gasteiger partial charge in [-0.05, 0) is 31.0 Å². The Morgan fingerprint density at radius 2 is 2.12 bits per heavy atom. The third-order valence-corrected chi connectivity index (χ3v) is 2.68. The number of phenols is 1. The van der Waals surface area contributed by atoms with Crippen LogP contribution in [-0.4, -0.2) is 24.1 Å². The summed E-state index contributed by atoms with van der Waals surface area (Å²) in [6.07, 6.45) is 0. The zero-order valence-corrected chi connectivity index (χ0v) is 10.6. The number of hydrogen-bond donors (Lipinski definition) is 3. The molecule has 0 spiro atoms. The Morgan fingerprint density at radius 1 is 1.47 bits per heavy atom. The molecule has 1 rings (SSSR count). The van der Waals surface area contributed by atoms with Gasteiger partial charge in [-0.2, -0.15) is 0 Å². The van der Waals surface area contributed by atoms with Gasteiger partial charge >= 0.3 is 0 Å². The van der Waals surface area contributed by atoms with Gasteiger partial charge in [0.25, 0.3) is 5.91 Å². The van der Waals surface area contributed by atoms with E-state index in [1.54, 1.807) is 12.1 Å². The number of hydrogen-bond acceptors (Lipinski definition) is 3. The molecule has 0 aliphatic carbocycles. The van der Waals surface area contributed by atoms with E-state index in [0.29, 0.717) is 18.7 Å². The standard InChI is InChI=1S/C13H20N2O2/c1-9-4-5-11(16)10(6-9)12(17)15-8-13(2,3)7-14/h4-6,16H,7-8,14H2,1-3H3,(H,15,17). The van der Waals surface area contributed by atoms with Crippen molar-refractivity contribution in [3.05, 3.63) is 29.3 Å². The van der Waals surface area contributed by atoms with E-state index in [1.165, 1.54) is 6.07 Å². The Balaban J connectivity index is 2.74. The highest BCUT2D eigenvalue weighted by atomic mass is 16.3. The Labute approximate surface area is 102 Å². The van der Waals surface area contributed by atoms with Crippen LogP contribution in [0.3, 0.4) is 0 Å². The highest BCUT2D eigenvalue weighted by Crippen LogP contribution is 2.18. The fourth-order valence-corrected chi connectivity index (χ4v) is 1.32. The third-order valence-electron chi connectivity index (χ3n) is 2.68. The lowest BCUT2D eigenvalue weighted by Crippen LogP contribution is -2.38. The first-order valence-electron chi connectivity index (χ1n) is 5.63. The second-order valence-electron chi connectivity index (χ2n) is 5.07. The number of carbonyl (C=O) groups is 1. The summed E-state index contributed by atoms with van der Waals surface area (Å²) in [6.45, 7) is 6.80. The molecule has 1 aromatic carbocycles. The lowest BCUT2D eigenvalue weighted by Gasteiger charge is -2.22. The Bertz CT molecular complexity index is 414. The number of nitrogens with two attached hydrogens (primary N) is 1. The first-order valence-corrected chi connectivity index (χ1v) is 5.63. The molecule has 0 bridgehead atoms. The van der Waals surface area contributed by atoms with Gasteiger partial charge in [0.15, 0.2) is 0 Å². The van der Waals surface area contributed by atoms with Gasteiger partial charge in [0, 0.05) is 6.54 Å². The number of phenolic OH excluding ortho intramolecular Hbond substituents is 1. The van der Waals surface area contributed by atoms with E-state index in [4.69, 9.17) is 5.73 Å². The molecule has 0 unspecified atom stereocenters. The van der Waals surface area contributed by atoms with Gasteiger partial charge in [-0.25, -0.2) is 0 Å². The van der Waals surface area contributed by atoms with E-state index in [9.17, 15) is 9.90 Å². The van der Waals surface area contributed by atoms with Crippen molar-refractivity contribution in [2.24, 2.45) is 11.1 Å². The Kier molecular flexibility index (Phi) is 4.12. The summed E-state index contributed by atoms with van der Waals surface area (Å²) >= 11 is 0. The lowest BCUT2D eigenvalue weighted by molar-refractivity contribution is 0.0935. The van der Waals surface area contributed by atoms with E-state index < -0.39 is 0 Å². The van der Waals surface area contributed by atoms with Crippen molar-refractivity contribution in [1.82, 2.24) is 5.32 Å². The maximum absolute atomic E-state index is 11.9. The minimum absolute atomic E-state index is 0.00125. The quantitative estimate of drug-likeness (QED) is 0.740. The zero-order chi connectivity index (χ0) is 13.1. The molecular weight excluding hydrogens is 216 g/mol. The average molecular weight is 236 g/mol. The summed E-state index contributed by atoms with van der Waals surface area (Å²) < 4.78 is 0. The molecule has 0 radical (unpaired) electrons.